The molecule has 0 aliphatic rings. The highest BCUT2D eigenvalue weighted by Gasteiger charge is 2.11. The van der Waals surface area contributed by atoms with Crippen molar-refractivity contribution < 1.29 is 20.0 Å². The SMILES string of the molecule is CC(CCCC(=O)NO)C(=O)NO. The van der Waals surface area contributed by atoms with E-state index in [0.29, 0.717) is 12.8 Å². The Hall–Kier alpha value is -1.14. The van der Waals surface area contributed by atoms with Crippen LogP contribution in [0.4, 0.5) is 0 Å². The van der Waals surface area contributed by atoms with Crippen LogP contribution in [0.15, 0.2) is 0 Å². The van der Waals surface area contributed by atoms with Crippen molar-refractivity contribution in [3.8, 4) is 0 Å². The maximum atomic E-state index is 10.7. The fraction of sp³-hybridized carbons (Fsp3) is 0.714. The molecule has 0 aliphatic carbocycles. The van der Waals surface area contributed by atoms with Gasteiger partial charge in [0.1, 0.15) is 0 Å². The van der Waals surface area contributed by atoms with Gasteiger partial charge in [0.2, 0.25) is 11.8 Å². The maximum absolute atomic E-state index is 10.7. The van der Waals surface area contributed by atoms with Crippen LogP contribution in [0.2, 0.25) is 0 Å². The highest BCUT2D eigenvalue weighted by Crippen LogP contribution is 2.07. The second kappa shape index (κ2) is 6.38. The summed E-state index contributed by atoms with van der Waals surface area (Å²) in [6, 6.07) is 0. The topological polar surface area (TPSA) is 98.7 Å². The molecule has 6 heteroatoms. The Balaban J connectivity index is 3.53. The van der Waals surface area contributed by atoms with E-state index in [4.69, 9.17) is 10.4 Å². The van der Waals surface area contributed by atoms with E-state index in [1.807, 2.05) is 0 Å². The first-order chi connectivity index (χ1) is 6.11. The average Bonchev–Trinajstić information content (AvgIpc) is 2.15. The van der Waals surface area contributed by atoms with Crippen molar-refractivity contribution >= 4 is 11.8 Å². The summed E-state index contributed by atoms with van der Waals surface area (Å²) in [5, 5.41) is 16.4. The molecule has 0 rings (SSSR count). The Bertz CT molecular complexity index is 183. The zero-order valence-electron chi connectivity index (χ0n) is 7.41. The summed E-state index contributed by atoms with van der Waals surface area (Å²) in [5.41, 5.74) is 3.02. The van der Waals surface area contributed by atoms with E-state index in [2.05, 4.69) is 0 Å². The van der Waals surface area contributed by atoms with Crippen molar-refractivity contribution in [2.75, 3.05) is 0 Å². The van der Waals surface area contributed by atoms with Crippen molar-refractivity contribution in [3.63, 3.8) is 0 Å². The molecule has 2 amide bonds. The summed E-state index contributed by atoms with van der Waals surface area (Å²) in [5.74, 6) is -1.28. The predicted molar refractivity (Wildman–Crippen MR) is 42.9 cm³/mol. The zero-order valence-corrected chi connectivity index (χ0v) is 7.41. The lowest BCUT2D eigenvalue weighted by atomic mass is 10.0. The molecule has 0 aromatic heterocycles. The second-order valence-electron chi connectivity index (χ2n) is 2.80. The molecule has 0 bridgehead atoms. The molecule has 1 atom stereocenters. The van der Waals surface area contributed by atoms with Crippen LogP contribution in [0.3, 0.4) is 0 Å². The van der Waals surface area contributed by atoms with Crippen LogP contribution in [0.25, 0.3) is 0 Å². The van der Waals surface area contributed by atoms with Gasteiger partial charge in [-0.25, -0.2) is 11.0 Å². The molecule has 1 unspecified atom stereocenters. The monoisotopic (exact) mass is 190 g/mol. The lowest BCUT2D eigenvalue weighted by molar-refractivity contribution is -0.133. The number of hydroxylamine groups is 2. The Morgan fingerprint density at radius 2 is 1.92 bits per heavy atom. The second-order valence-corrected chi connectivity index (χ2v) is 2.80. The first-order valence-electron chi connectivity index (χ1n) is 3.98. The molecule has 6 nitrogen and oxygen atoms in total. The minimum atomic E-state index is -0.475. The van der Waals surface area contributed by atoms with Crippen molar-refractivity contribution in [3.05, 3.63) is 0 Å². The molecular formula is C7H14N2O4. The lowest BCUT2D eigenvalue weighted by Crippen LogP contribution is -2.26. The van der Waals surface area contributed by atoms with Gasteiger partial charge in [-0.3, -0.25) is 20.0 Å². The first kappa shape index (κ1) is 11.9. The molecule has 0 fully saturated rings. The van der Waals surface area contributed by atoms with Gasteiger partial charge in [0.25, 0.3) is 0 Å². The number of hydrogen-bond donors (Lipinski definition) is 4. The summed E-state index contributed by atoms with van der Waals surface area (Å²) in [4.78, 5) is 21.3. The van der Waals surface area contributed by atoms with Crippen molar-refractivity contribution in [1.29, 1.82) is 0 Å². The van der Waals surface area contributed by atoms with Gasteiger partial charge >= 0.3 is 0 Å². The van der Waals surface area contributed by atoms with E-state index in [9.17, 15) is 9.59 Å². The van der Waals surface area contributed by atoms with Gasteiger partial charge in [0, 0.05) is 12.3 Å². The number of carbonyl (C=O) groups is 2. The molecule has 0 aliphatic heterocycles. The molecule has 0 spiro atoms. The van der Waals surface area contributed by atoms with Gasteiger partial charge in [-0.05, 0) is 12.8 Å². The molecule has 0 saturated heterocycles. The Kier molecular flexibility index (Phi) is 5.82. The van der Waals surface area contributed by atoms with Crippen molar-refractivity contribution in [2.45, 2.75) is 26.2 Å². The summed E-state index contributed by atoms with van der Waals surface area (Å²) in [6.07, 6.45) is 1.14. The predicted octanol–water partition coefficient (Wildman–Crippen LogP) is -0.196. The van der Waals surface area contributed by atoms with Crippen LogP contribution in [-0.2, 0) is 9.59 Å². The Morgan fingerprint density at radius 3 is 2.38 bits per heavy atom. The van der Waals surface area contributed by atoms with Crippen LogP contribution < -0.4 is 11.0 Å². The summed E-state index contributed by atoms with van der Waals surface area (Å²) in [6.45, 7) is 1.64. The van der Waals surface area contributed by atoms with Gasteiger partial charge < -0.3 is 0 Å². The quantitative estimate of drug-likeness (QED) is 0.356. The van der Waals surface area contributed by atoms with Gasteiger partial charge in [-0.15, -0.1) is 0 Å². The van der Waals surface area contributed by atoms with Gasteiger partial charge in [0.15, 0.2) is 0 Å². The van der Waals surface area contributed by atoms with E-state index >= 15 is 0 Å². The third-order valence-electron chi connectivity index (χ3n) is 1.72. The molecule has 0 radical (unpaired) electrons. The smallest absolute Gasteiger partial charge is 0.246 e. The minimum Gasteiger partial charge on any atom is -0.289 e. The van der Waals surface area contributed by atoms with E-state index in [1.54, 1.807) is 6.92 Å². The Morgan fingerprint density at radius 1 is 1.31 bits per heavy atom. The molecule has 0 aromatic carbocycles. The van der Waals surface area contributed by atoms with E-state index in [0.717, 1.165) is 0 Å². The first-order valence-corrected chi connectivity index (χ1v) is 3.98. The molecule has 4 N–H and O–H groups in total. The molecule has 0 heterocycles. The zero-order chi connectivity index (χ0) is 10.3. The third-order valence-corrected chi connectivity index (χ3v) is 1.72. The molecular weight excluding hydrogens is 176 g/mol. The number of carbonyl (C=O) groups excluding carboxylic acids is 2. The summed E-state index contributed by atoms with van der Waals surface area (Å²) >= 11 is 0. The molecule has 76 valence electrons. The number of hydrogen-bond acceptors (Lipinski definition) is 4. The Labute approximate surface area is 75.8 Å². The highest BCUT2D eigenvalue weighted by atomic mass is 16.5. The maximum Gasteiger partial charge on any atom is 0.246 e. The van der Waals surface area contributed by atoms with Crippen molar-refractivity contribution in [2.24, 2.45) is 5.92 Å². The fourth-order valence-electron chi connectivity index (χ4n) is 0.866. The molecule has 0 aromatic rings. The van der Waals surface area contributed by atoms with E-state index in [1.165, 1.54) is 11.0 Å². The van der Waals surface area contributed by atoms with Crippen LogP contribution in [-0.4, -0.2) is 22.2 Å². The van der Waals surface area contributed by atoms with Gasteiger partial charge in [-0.2, -0.15) is 0 Å². The van der Waals surface area contributed by atoms with Crippen LogP contribution in [0.5, 0.6) is 0 Å². The highest BCUT2D eigenvalue weighted by molar-refractivity contribution is 5.77. The summed E-state index contributed by atoms with van der Waals surface area (Å²) < 4.78 is 0. The van der Waals surface area contributed by atoms with Crippen LogP contribution >= 0.6 is 0 Å². The number of rotatable bonds is 5. The number of amides is 2. The van der Waals surface area contributed by atoms with E-state index in [-0.39, 0.29) is 12.3 Å². The molecule has 0 saturated carbocycles. The molecule has 13 heavy (non-hydrogen) atoms. The van der Waals surface area contributed by atoms with E-state index < -0.39 is 11.8 Å². The normalized spacial score (nSPS) is 11.9. The van der Waals surface area contributed by atoms with Crippen LogP contribution in [0.1, 0.15) is 26.2 Å². The fourth-order valence-corrected chi connectivity index (χ4v) is 0.866. The number of nitrogens with one attached hydrogen (secondary N) is 2. The minimum absolute atomic E-state index is 0.166. The largest absolute Gasteiger partial charge is 0.289 e. The summed E-state index contributed by atoms with van der Waals surface area (Å²) in [7, 11) is 0. The van der Waals surface area contributed by atoms with Crippen LogP contribution in [0, 0.1) is 5.92 Å². The third kappa shape index (κ3) is 5.15. The van der Waals surface area contributed by atoms with Gasteiger partial charge in [0.05, 0.1) is 0 Å². The van der Waals surface area contributed by atoms with Crippen molar-refractivity contribution in [1.82, 2.24) is 11.0 Å². The average molecular weight is 190 g/mol. The lowest BCUT2D eigenvalue weighted by Gasteiger charge is -2.07. The van der Waals surface area contributed by atoms with Gasteiger partial charge in [-0.1, -0.05) is 6.92 Å². The standard InChI is InChI=1S/C7H14N2O4/c1-5(7(11)9-13)3-2-4-6(10)8-12/h5,12-13H,2-4H2,1H3,(H,8,10)(H,9,11).